The Bertz CT molecular complexity index is 593. The van der Waals surface area contributed by atoms with Crippen LogP contribution in [0.5, 0.6) is 0 Å². The van der Waals surface area contributed by atoms with Gasteiger partial charge in [0.05, 0.1) is 16.3 Å². The van der Waals surface area contributed by atoms with E-state index in [9.17, 15) is 4.79 Å². The Balaban J connectivity index is 2.15. The second-order valence-corrected chi connectivity index (χ2v) is 5.92. The second kappa shape index (κ2) is 5.67. The average Bonchev–Trinajstić information content (AvgIpc) is 2.77. The van der Waals surface area contributed by atoms with Crippen LogP contribution >= 0.6 is 11.3 Å². The lowest BCUT2D eigenvalue weighted by Gasteiger charge is -2.16. The van der Waals surface area contributed by atoms with E-state index in [-0.39, 0.29) is 11.8 Å². The third-order valence-corrected chi connectivity index (χ3v) is 4.27. The van der Waals surface area contributed by atoms with E-state index < -0.39 is 6.04 Å². The van der Waals surface area contributed by atoms with Crippen molar-refractivity contribution >= 4 is 32.6 Å². The van der Waals surface area contributed by atoms with Gasteiger partial charge >= 0.3 is 0 Å². The standard InChI is InChI=1S/C14H19N3OS/c1-4-9(3)12(15)13(18)17-14-16-10-6-5-8(2)7-11(10)19-14/h5-7,9,12H,4,15H2,1-3H3,(H,16,17,18)/t9-,12-/m0/s1. The summed E-state index contributed by atoms with van der Waals surface area (Å²) in [6.45, 7) is 6.04. The van der Waals surface area contributed by atoms with Gasteiger partial charge in [0.25, 0.3) is 0 Å². The largest absolute Gasteiger partial charge is 0.320 e. The van der Waals surface area contributed by atoms with Crippen molar-refractivity contribution in [2.24, 2.45) is 11.7 Å². The Morgan fingerprint density at radius 2 is 2.26 bits per heavy atom. The molecule has 0 fully saturated rings. The summed E-state index contributed by atoms with van der Waals surface area (Å²) in [4.78, 5) is 16.4. The van der Waals surface area contributed by atoms with E-state index in [0.717, 1.165) is 16.6 Å². The zero-order chi connectivity index (χ0) is 14.0. The highest BCUT2D eigenvalue weighted by Gasteiger charge is 2.20. The van der Waals surface area contributed by atoms with Gasteiger partial charge < -0.3 is 11.1 Å². The van der Waals surface area contributed by atoms with Gasteiger partial charge in [-0.05, 0) is 30.5 Å². The van der Waals surface area contributed by atoms with E-state index >= 15 is 0 Å². The van der Waals surface area contributed by atoms with E-state index in [1.807, 2.05) is 32.9 Å². The monoisotopic (exact) mass is 277 g/mol. The number of nitrogens with two attached hydrogens (primary N) is 1. The van der Waals surface area contributed by atoms with Gasteiger partial charge in [-0.2, -0.15) is 0 Å². The summed E-state index contributed by atoms with van der Waals surface area (Å²) >= 11 is 1.48. The minimum Gasteiger partial charge on any atom is -0.320 e. The summed E-state index contributed by atoms with van der Waals surface area (Å²) in [5.74, 6) is 0.00162. The maximum Gasteiger partial charge on any atom is 0.243 e. The fraction of sp³-hybridized carbons (Fsp3) is 0.429. The Kier molecular flexibility index (Phi) is 4.17. The third kappa shape index (κ3) is 3.11. The molecule has 3 N–H and O–H groups in total. The summed E-state index contributed by atoms with van der Waals surface area (Å²) in [5, 5.41) is 3.42. The highest BCUT2D eigenvalue weighted by Crippen LogP contribution is 2.26. The van der Waals surface area contributed by atoms with Gasteiger partial charge in [-0.15, -0.1) is 0 Å². The number of aryl methyl sites for hydroxylation is 1. The fourth-order valence-electron chi connectivity index (χ4n) is 1.79. The molecule has 0 bridgehead atoms. The molecule has 1 aromatic carbocycles. The normalized spacial score (nSPS) is 14.3. The quantitative estimate of drug-likeness (QED) is 0.903. The SMILES string of the molecule is CC[C@H](C)[C@H](N)C(=O)Nc1nc2ccc(C)cc2s1. The smallest absolute Gasteiger partial charge is 0.243 e. The van der Waals surface area contributed by atoms with Crippen molar-refractivity contribution in [2.75, 3.05) is 5.32 Å². The molecule has 0 unspecified atom stereocenters. The van der Waals surface area contributed by atoms with Crippen LogP contribution in [0.4, 0.5) is 5.13 Å². The van der Waals surface area contributed by atoms with Crippen LogP contribution in [0.25, 0.3) is 10.2 Å². The van der Waals surface area contributed by atoms with Crippen LogP contribution in [-0.2, 0) is 4.79 Å². The molecular formula is C14H19N3OS. The van der Waals surface area contributed by atoms with E-state index in [1.165, 1.54) is 16.9 Å². The van der Waals surface area contributed by atoms with Crippen molar-refractivity contribution in [2.45, 2.75) is 33.2 Å². The van der Waals surface area contributed by atoms with E-state index in [2.05, 4.69) is 16.4 Å². The zero-order valence-corrected chi connectivity index (χ0v) is 12.3. The van der Waals surface area contributed by atoms with E-state index in [4.69, 9.17) is 5.73 Å². The number of fused-ring (bicyclic) bond motifs is 1. The number of aromatic nitrogens is 1. The first kappa shape index (κ1) is 14.0. The first-order chi connectivity index (χ1) is 9.01. The summed E-state index contributed by atoms with van der Waals surface area (Å²) in [6, 6.07) is 5.56. The Labute approximate surface area is 117 Å². The molecule has 0 aliphatic rings. The van der Waals surface area contributed by atoms with Crippen LogP contribution in [0, 0.1) is 12.8 Å². The van der Waals surface area contributed by atoms with Crippen molar-refractivity contribution in [1.82, 2.24) is 4.98 Å². The topological polar surface area (TPSA) is 68.0 Å². The van der Waals surface area contributed by atoms with Crippen LogP contribution in [0.3, 0.4) is 0 Å². The molecule has 2 rings (SSSR count). The van der Waals surface area contributed by atoms with Gasteiger partial charge in [0.15, 0.2) is 5.13 Å². The molecule has 1 aromatic heterocycles. The van der Waals surface area contributed by atoms with Gasteiger partial charge in [0.1, 0.15) is 0 Å². The number of nitrogens with one attached hydrogen (secondary N) is 1. The van der Waals surface area contributed by atoms with Crippen molar-refractivity contribution in [3.63, 3.8) is 0 Å². The van der Waals surface area contributed by atoms with Crippen LogP contribution in [0.1, 0.15) is 25.8 Å². The van der Waals surface area contributed by atoms with Gasteiger partial charge in [-0.1, -0.05) is 37.7 Å². The minimum atomic E-state index is -0.487. The van der Waals surface area contributed by atoms with Crippen LogP contribution < -0.4 is 11.1 Å². The number of thiazole rings is 1. The zero-order valence-electron chi connectivity index (χ0n) is 11.4. The van der Waals surface area contributed by atoms with Crippen molar-refractivity contribution in [1.29, 1.82) is 0 Å². The lowest BCUT2D eigenvalue weighted by molar-refractivity contribution is -0.118. The number of carbonyl (C=O) groups is 1. The van der Waals surface area contributed by atoms with E-state index in [0.29, 0.717) is 5.13 Å². The van der Waals surface area contributed by atoms with E-state index in [1.54, 1.807) is 0 Å². The number of amides is 1. The van der Waals surface area contributed by atoms with Gasteiger partial charge in [-0.25, -0.2) is 4.98 Å². The summed E-state index contributed by atoms with van der Waals surface area (Å²) in [7, 11) is 0. The number of benzene rings is 1. The van der Waals surface area contributed by atoms with Gasteiger partial charge in [-0.3, -0.25) is 4.79 Å². The summed E-state index contributed by atoms with van der Waals surface area (Å²) in [5.41, 5.74) is 7.99. The molecule has 0 saturated heterocycles. The number of hydrogen-bond acceptors (Lipinski definition) is 4. The Hall–Kier alpha value is -1.46. The molecule has 0 spiro atoms. The molecule has 4 nitrogen and oxygen atoms in total. The minimum absolute atomic E-state index is 0.162. The molecule has 1 heterocycles. The maximum absolute atomic E-state index is 12.0. The van der Waals surface area contributed by atoms with Crippen LogP contribution in [-0.4, -0.2) is 16.9 Å². The molecule has 2 aromatic rings. The highest BCUT2D eigenvalue weighted by atomic mass is 32.1. The van der Waals surface area contributed by atoms with Gasteiger partial charge in [0, 0.05) is 0 Å². The maximum atomic E-state index is 12.0. The molecule has 102 valence electrons. The molecule has 0 saturated carbocycles. The lowest BCUT2D eigenvalue weighted by Crippen LogP contribution is -2.40. The number of rotatable bonds is 4. The van der Waals surface area contributed by atoms with Crippen molar-refractivity contribution < 1.29 is 4.79 Å². The number of nitrogens with zero attached hydrogens (tertiary/aromatic N) is 1. The number of anilines is 1. The predicted octanol–water partition coefficient (Wildman–Crippen LogP) is 2.92. The predicted molar refractivity (Wildman–Crippen MR) is 80.4 cm³/mol. The molecule has 5 heteroatoms. The highest BCUT2D eigenvalue weighted by molar-refractivity contribution is 7.22. The third-order valence-electron chi connectivity index (χ3n) is 3.33. The van der Waals surface area contributed by atoms with Crippen molar-refractivity contribution in [3.05, 3.63) is 23.8 Å². The summed E-state index contributed by atoms with van der Waals surface area (Å²) < 4.78 is 1.08. The Morgan fingerprint density at radius 1 is 1.53 bits per heavy atom. The molecule has 0 aliphatic carbocycles. The first-order valence-electron chi connectivity index (χ1n) is 6.45. The molecule has 0 radical (unpaired) electrons. The second-order valence-electron chi connectivity index (χ2n) is 4.89. The lowest BCUT2D eigenvalue weighted by atomic mass is 10.00. The van der Waals surface area contributed by atoms with Crippen LogP contribution in [0.2, 0.25) is 0 Å². The molecule has 0 aliphatic heterocycles. The number of carbonyl (C=O) groups excluding carboxylic acids is 1. The Morgan fingerprint density at radius 3 is 2.95 bits per heavy atom. The van der Waals surface area contributed by atoms with Gasteiger partial charge in [0.2, 0.25) is 5.91 Å². The molecule has 19 heavy (non-hydrogen) atoms. The molecular weight excluding hydrogens is 258 g/mol. The van der Waals surface area contributed by atoms with Crippen LogP contribution in [0.15, 0.2) is 18.2 Å². The van der Waals surface area contributed by atoms with Crippen molar-refractivity contribution in [3.8, 4) is 0 Å². The molecule has 1 amide bonds. The summed E-state index contributed by atoms with van der Waals surface area (Å²) in [6.07, 6.45) is 0.883. The molecule has 2 atom stereocenters. The average molecular weight is 277 g/mol. The number of hydrogen-bond donors (Lipinski definition) is 2. The first-order valence-corrected chi connectivity index (χ1v) is 7.26. The fourth-order valence-corrected chi connectivity index (χ4v) is 2.75.